The molecule has 2 amide bonds. The molecule has 40 heavy (non-hydrogen) atoms. The first kappa shape index (κ1) is 27.7. The molecular formula is C31H34N4O4S. The largest absolute Gasteiger partial charge is 0.467 e. The fourth-order valence-electron chi connectivity index (χ4n) is 5.18. The summed E-state index contributed by atoms with van der Waals surface area (Å²) in [5.41, 5.74) is 1.74. The highest BCUT2D eigenvalue weighted by Crippen LogP contribution is 2.31. The van der Waals surface area contributed by atoms with Gasteiger partial charge in [-0.2, -0.15) is 0 Å². The van der Waals surface area contributed by atoms with Crippen molar-refractivity contribution in [2.45, 2.75) is 50.4 Å². The summed E-state index contributed by atoms with van der Waals surface area (Å²) in [5.74, 6) is 1.05. The summed E-state index contributed by atoms with van der Waals surface area (Å²) >= 11 is 1.27. The fourth-order valence-corrected chi connectivity index (χ4v) is 6.02. The predicted molar refractivity (Wildman–Crippen MR) is 156 cm³/mol. The van der Waals surface area contributed by atoms with Gasteiger partial charge >= 0.3 is 0 Å². The highest BCUT2D eigenvalue weighted by atomic mass is 32.2. The van der Waals surface area contributed by atoms with E-state index in [1.807, 2.05) is 36.4 Å². The van der Waals surface area contributed by atoms with Gasteiger partial charge in [-0.15, -0.1) is 0 Å². The minimum Gasteiger partial charge on any atom is -0.467 e. The van der Waals surface area contributed by atoms with E-state index >= 15 is 0 Å². The molecular weight excluding hydrogens is 524 g/mol. The molecule has 1 aliphatic carbocycles. The van der Waals surface area contributed by atoms with Crippen LogP contribution in [0.1, 0.15) is 37.0 Å². The van der Waals surface area contributed by atoms with Gasteiger partial charge in [-0.05, 0) is 67.9 Å². The molecule has 4 aromatic rings. The average molecular weight is 559 g/mol. The standard InChI is InChI=1S/C31H34N4O4S/c36-28(33-19-25-9-6-18-39-25)21-40-31-34-27-11-5-4-10-26(27)30(38)35(31)20-23-12-14-24(15-13-23)29(37)32-17-16-22-7-2-1-3-8-22/h1-11,18,23-24H,12-17,19-21H2,(H,32,37)(H,33,36). The van der Waals surface area contributed by atoms with Gasteiger partial charge in [0.25, 0.3) is 5.56 Å². The van der Waals surface area contributed by atoms with Gasteiger partial charge in [0.15, 0.2) is 5.16 Å². The first-order chi connectivity index (χ1) is 19.6. The van der Waals surface area contributed by atoms with Gasteiger partial charge in [0.2, 0.25) is 11.8 Å². The molecule has 1 fully saturated rings. The molecule has 2 aromatic heterocycles. The summed E-state index contributed by atoms with van der Waals surface area (Å²) in [6.07, 6.45) is 5.72. The molecule has 1 aliphatic rings. The van der Waals surface area contributed by atoms with Gasteiger partial charge in [0, 0.05) is 19.0 Å². The molecule has 0 spiro atoms. The summed E-state index contributed by atoms with van der Waals surface area (Å²) in [6.45, 7) is 1.47. The van der Waals surface area contributed by atoms with Crippen molar-refractivity contribution in [1.82, 2.24) is 20.2 Å². The number of nitrogens with one attached hydrogen (secondary N) is 2. The Hall–Kier alpha value is -3.85. The Morgan fingerprint density at radius 3 is 2.50 bits per heavy atom. The van der Waals surface area contributed by atoms with E-state index in [0.29, 0.717) is 41.5 Å². The van der Waals surface area contributed by atoms with Crippen molar-refractivity contribution in [3.63, 3.8) is 0 Å². The molecule has 0 aliphatic heterocycles. The number of hydrogen-bond donors (Lipinski definition) is 2. The summed E-state index contributed by atoms with van der Waals surface area (Å²) in [6, 6.07) is 21.0. The summed E-state index contributed by atoms with van der Waals surface area (Å²) in [7, 11) is 0. The zero-order valence-electron chi connectivity index (χ0n) is 22.4. The van der Waals surface area contributed by atoms with Gasteiger partial charge in [0.1, 0.15) is 5.76 Å². The van der Waals surface area contributed by atoms with E-state index in [1.165, 1.54) is 17.3 Å². The molecule has 0 radical (unpaired) electrons. The summed E-state index contributed by atoms with van der Waals surface area (Å²) in [4.78, 5) is 43.5. The Bertz CT molecular complexity index is 1480. The SMILES string of the molecule is O=C(CSc1nc2ccccc2c(=O)n1CC1CCC(C(=O)NCCc2ccccc2)CC1)NCc1ccco1. The number of benzene rings is 2. The number of carbonyl (C=O) groups is 2. The molecule has 9 heteroatoms. The van der Waals surface area contributed by atoms with Crippen LogP contribution in [0.15, 0.2) is 87.4 Å². The average Bonchev–Trinajstić information content (AvgIpc) is 3.51. The lowest BCUT2D eigenvalue weighted by atomic mass is 9.81. The number of amides is 2. The van der Waals surface area contributed by atoms with Crippen molar-refractivity contribution in [2.75, 3.05) is 12.3 Å². The second-order valence-corrected chi connectivity index (χ2v) is 11.2. The molecule has 2 aromatic carbocycles. The molecule has 2 heterocycles. The maximum absolute atomic E-state index is 13.5. The van der Waals surface area contributed by atoms with E-state index in [2.05, 4.69) is 22.8 Å². The zero-order chi connectivity index (χ0) is 27.7. The minimum absolute atomic E-state index is 0.00479. The van der Waals surface area contributed by atoms with E-state index < -0.39 is 0 Å². The van der Waals surface area contributed by atoms with Crippen LogP contribution in [0.5, 0.6) is 0 Å². The normalized spacial score (nSPS) is 17.0. The number of carbonyl (C=O) groups excluding carboxylic acids is 2. The first-order valence-corrected chi connectivity index (χ1v) is 14.8. The molecule has 8 nitrogen and oxygen atoms in total. The topological polar surface area (TPSA) is 106 Å². The first-order valence-electron chi connectivity index (χ1n) is 13.8. The fraction of sp³-hybridized carbons (Fsp3) is 0.355. The van der Waals surface area contributed by atoms with E-state index in [0.717, 1.165) is 32.1 Å². The predicted octanol–water partition coefficient (Wildman–Crippen LogP) is 4.56. The number of aromatic nitrogens is 2. The molecule has 0 bridgehead atoms. The zero-order valence-corrected chi connectivity index (χ0v) is 23.2. The number of nitrogens with zero attached hydrogens (tertiary/aromatic N) is 2. The molecule has 1 saturated carbocycles. The van der Waals surface area contributed by atoms with Crippen molar-refractivity contribution in [1.29, 1.82) is 0 Å². The van der Waals surface area contributed by atoms with Crippen LogP contribution in [0.3, 0.4) is 0 Å². The lowest BCUT2D eigenvalue weighted by Crippen LogP contribution is -2.35. The van der Waals surface area contributed by atoms with Gasteiger partial charge in [-0.25, -0.2) is 4.98 Å². The maximum Gasteiger partial charge on any atom is 0.262 e. The Kier molecular flexibility index (Phi) is 9.34. The van der Waals surface area contributed by atoms with Crippen LogP contribution in [0, 0.1) is 11.8 Å². The van der Waals surface area contributed by atoms with Crippen molar-refractivity contribution >= 4 is 34.5 Å². The maximum atomic E-state index is 13.5. The van der Waals surface area contributed by atoms with Crippen molar-refractivity contribution in [2.24, 2.45) is 11.8 Å². The van der Waals surface area contributed by atoms with E-state index in [1.54, 1.807) is 29.0 Å². The number of hydrogen-bond acceptors (Lipinski definition) is 6. The second kappa shape index (κ2) is 13.5. The van der Waals surface area contributed by atoms with Crippen LogP contribution in [-0.2, 0) is 29.1 Å². The van der Waals surface area contributed by atoms with Gasteiger partial charge in [-0.1, -0.05) is 54.2 Å². The third-order valence-corrected chi connectivity index (χ3v) is 8.39. The molecule has 208 valence electrons. The molecule has 5 rings (SSSR count). The van der Waals surface area contributed by atoms with Crippen molar-refractivity contribution < 1.29 is 14.0 Å². The Morgan fingerprint density at radius 2 is 1.73 bits per heavy atom. The van der Waals surface area contributed by atoms with Crippen molar-refractivity contribution in [3.8, 4) is 0 Å². The molecule has 0 saturated heterocycles. The van der Waals surface area contributed by atoms with Gasteiger partial charge in [-0.3, -0.25) is 19.0 Å². The number of rotatable bonds is 11. The lowest BCUT2D eigenvalue weighted by Gasteiger charge is -2.28. The Labute approximate surface area is 237 Å². The number of thioether (sulfide) groups is 1. The lowest BCUT2D eigenvalue weighted by molar-refractivity contribution is -0.126. The van der Waals surface area contributed by atoms with Crippen LogP contribution < -0.4 is 16.2 Å². The number of fused-ring (bicyclic) bond motifs is 1. The number of furan rings is 1. The highest BCUT2D eigenvalue weighted by Gasteiger charge is 2.27. The van der Waals surface area contributed by atoms with Gasteiger partial charge < -0.3 is 15.1 Å². The van der Waals surface area contributed by atoms with Crippen molar-refractivity contribution in [3.05, 3.63) is 94.7 Å². The molecule has 0 unspecified atom stereocenters. The van der Waals surface area contributed by atoms with Crippen LogP contribution in [0.2, 0.25) is 0 Å². The van der Waals surface area contributed by atoms with Crippen LogP contribution in [-0.4, -0.2) is 33.7 Å². The highest BCUT2D eigenvalue weighted by molar-refractivity contribution is 7.99. The third-order valence-electron chi connectivity index (χ3n) is 7.41. The monoisotopic (exact) mass is 558 g/mol. The number of para-hydroxylation sites is 1. The smallest absolute Gasteiger partial charge is 0.262 e. The third kappa shape index (κ3) is 7.21. The minimum atomic E-state index is -0.158. The Balaban J connectivity index is 1.18. The quantitative estimate of drug-likeness (QED) is 0.206. The summed E-state index contributed by atoms with van der Waals surface area (Å²) in [5, 5.41) is 7.05. The molecule has 0 atom stereocenters. The Morgan fingerprint density at radius 1 is 0.950 bits per heavy atom. The van der Waals surface area contributed by atoms with Crippen LogP contribution in [0.4, 0.5) is 0 Å². The van der Waals surface area contributed by atoms with Crippen LogP contribution >= 0.6 is 11.8 Å². The van der Waals surface area contributed by atoms with Crippen LogP contribution in [0.25, 0.3) is 10.9 Å². The molecule has 2 N–H and O–H groups in total. The van der Waals surface area contributed by atoms with E-state index in [4.69, 9.17) is 9.40 Å². The summed E-state index contributed by atoms with van der Waals surface area (Å²) < 4.78 is 6.99. The van der Waals surface area contributed by atoms with Gasteiger partial charge in [0.05, 0.1) is 29.5 Å². The second-order valence-electron chi connectivity index (χ2n) is 10.2. The van der Waals surface area contributed by atoms with E-state index in [-0.39, 0.29) is 35.0 Å². The van der Waals surface area contributed by atoms with E-state index in [9.17, 15) is 14.4 Å².